The molecule has 1 aromatic heterocycles. The minimum absolute atomic E-state index is 0.365. The summed E-state index contributed by atoms with van der Waals surface area (Å²) in [5.41, 5.74) is 9.16. The lowest BCUT2D eigenvalue weighted by Gasteiger charge is -2.33. The van der Waals surface area contributed by atoms with Gasteiger partial charge in [0.15, 0.2) is 0 Å². The van der Waals surface area contributed by atoms with E-state index in [1.165, 1.54) is 0 Å². The number of fused-ring (bicyclic) bond motifs is 1. The molecular weight excluding hydrogens is 305 g/mol. The van der Waals surface area contributed by atoms with E-state index in [0.29, 0.717) is 18.0 Å². The third-order valence-electron chi connectivity index (χ3n) is 5.31. The number of nitrogens with two attached hydrogens (primary N) is 1. The SMILES string of the molecule is CCN1CCC(n2c(C)c(C(N)=O)c3ccc(CCF)cc32)CC1. The van der Waals surface area contributed by atoms with Crippen LogP contribution < -0.4 is 5.73 Å². The standard InChI is InChI=1S/C19H26FN3O/c1-3-22-10-7-15(8-11-22)23-13(2)18(19(21)24)16-5-4-14(6-9-20)12-17(16)23/h4-5,12,15H,3,6-11H2,1-2H3,(H2,21,24). The van der Waals surface area contributed by atoms with Crippen molar-refractivity contribution in [3.8, 4) is 0 Å². The lowest BCUT2D eigenvalue weighted by molar-refractivity contribution is 0.100. The van der Waals surface area contributed by atoms with Crippen LogP contribution in [0.4, 0.5) is 4.39 Å². The van der Waals surface area contributed by atoms with Gasteiger partial charge in [0, 0.05) is 42.1 Å². The van der Waals surface area contributed by atoms with Crippen LogP contribution in [0.1, 0.15) is 47.4 Å². The van der Waals surface area contributed by atoms with E-state index in [-0.39, 0.29) is 12.6 Å². The van der Waals surface area contributed by atoms with Gasteiger partial charge in [-0.2, -0.15) is 0 Å². The van der Waals surface area contributed by atoms with Gasteiger partial charge in [0.05, 0.1) is 12.2 Å². The Balaban J connectivity index is 2.09. The normalized spacial score (nSPS) is 16.8. The number of carbonyl (C=O) groups is 1. The second-order valence-electron chi connectivity index (χ2n) is 6.65. The highest BCUT2D eigenvalue weighted by Crippen LogP contribution is 2.34. The number of hydrogen-bond donors (Lipinski definition) is 1. The van der Waals surface area contributed by atoms with Crippen molar-refractivity contribution in [2.75, 3.05) is 26.3 Å². The van der Waals surface area contributed by atoms with Crippen LogP contribution in [0.3, 0.4) is 0 Å². The van der Waals surface area contributed by atoms with E-state index in [1.807, 2.05) is 25.1 Å². The third kappa shape index (κ3) is 2.93. The molecule has 1 aromatic carbocycles. The van der Waals surface area contributed by atoms with Crippen LogP contribution in [0.25, 0.3) is 10.9 Å². The van der Waals surface area contributed by atoms with Crippen molar-refractivity contribution in [2.24, 2.45) is 5.73 Å². The second-order valence-corrected chi connectivity index (χ2v) is 6.65. The van der Waals surface area contributed by atoms with Crippen LogP contribution in [-0.2, 0) is 6.42 Å². The summed E-state index contributed by atoms with van der Waals surface area (Å²) >= 11 is 0. The molecule has 4 nitrogen and oxygen atoms in total. The number of aromatic nitrogens is 1. The van der Waals surface area contributed by atoms with E-state index in [2.05, 4.69) is 16.4 Å². The number of amides is 1. The third-order valence-corrected chi connectivity index (χ3v) is 5.31. The molecule has 2 aromatic rings. The molecule has 1 fully saturated rings. The van der Waals surface area contributed by atoms with Crippen molar-refractivity contribution in [1.29, 1.82) is 0 Å². The molecule has 1 aliphatic heterocycles. The molecule has 130 valence electrons. The zero-order valence-corrected chi connectivity index (χ0v) is 14.5. The molecule has 1 saturated heterocycles. The second kappa shape index (κ2) is 6.93. The number of alkyl halides is 1. The lowest BCUT2D eigenvalue weighted by Crippen LogP contribution is -2.34. The Labute approximate surface area is 142 Å². The first-order chi connectivity index (χ1) is 11.6. The molecule has 0 atom stereocenters. The first-order valence-electron chi connectivity index (χ1n) is 8.78. The van der Waals surface area contributed by atoms with E-state index >= 15 is 0 Å². The van der Waals surface area contributed by atoms with Crippen molar-refractivity contribution in [1.82, 2.24) is 9.47 Å². The number of likely N-dealkylation sites (tertiary alicyclic amines) is 1. The Bertz CT molecular complexity index is 745. The van der Waals surface area contributed by atoms with E-state index in [1.54, 1.807) is 0 Å². The lowest BCUT2D eigenvalue weighted by atomic mass is 10.0. The fourth-order valence-electron chi connectivity index (χ4n) is 4.02. The summed E-state index contributed by atoms with van der Waals surface area (Å²) in [5, 5.41) is 0.889. The maximum atomic E-state index is 12.7. The van der Waals surface area contributed by atoms with Gasteiger partial charge in [0.1, 0.15) is 0 Å². The predicted octanol–water partition coefficient (Wildman–Crippen LogP) is 3.22. The van der Waals surface area contributed by atoms with Gasteiger partial charge in [0.25, 0.3) is 5.91 Å². The van der Waals surface area contributed by atoms with Gasteiger partial charge >= 0.3 is 0 Å². The van der Waals surface area contributed by atoms with Gasteiger partial charge in [-0.15, -0.1) is 0 Å². The van der Waals surface area contributed by atoms with Gasteiger partial charge in [-0.25, -0.2) is 0 Å². The number of hydrogen-bond acceptors (Lipinski definition) is 2. The Morgan fingerprint density at radius 3 is 2.62 bits per heavy atom. The predicted molar refractivity (Wildman–Crippen MR) is 95.3 cm³/mol. The average Bonchev–Trinajstić information content (AvgIpc) is 2.86. The number of piperidine rings is 1. The fourth-order valence-corrected chi connectivity index (χ4v) is 4.02. The van der Waals surface area contributed by atoms with E-state index in [4.69, 9.17) is 5.73 Å². The van der Waals surface area contributed by atoms with Crippen LogP contribution in [0, 0.1) is 6.92 Å². The van der Waals surface area contributed by atoms with Crippen LogP contribution in [-0.4, -0.2) is 41.7 Å². The molecule has 2 heterocycles. The monoisotopic (exact) mass is 331 g/mol. The molecule has 2 N–H and O–H groups in total. The molecule has 1 aliphatic rings. The smallest absolute Gasteiger partial charge is 0.251 e. The first kappa shape index (κ1) is 17.0. The van der Waals surface area contributed by atoms with Crippen molar-refractivity contribution in [2.45, 2.75) is 39.2 Å². The van der Waals surface area contributed by atoms with E-state index in [9.17, 15) is 9.18 Å². The summed E-state index contributed by atoms with van der Waals surface area (Å²) in [6.45, 7) is 6.99. The molecule has 0 spiro atoms. The fraction of sp³-hybridized carbons (Fsp3) is 0.526. The number of carbonyl (C=O) groups excluding carboxylic acids is 1. The van der Waals surface area contributed by atoms with Crippen LogP contribution in [0.5, 0.6) is 0 Å². The summed E-state index contributed by atoms with van der Waals surface area (Å²) < 4.78 is 15.0. The highest BCUT2D eigenvalue weighted by molar-refractivity contribution is 6.07. The maximum Gasteiger partial charge on any atom is 0.251 e. The van der Waals surface area contributed by atoms with Gasteiger partial charge in [-0.3, -0.25) is 9.18 Å². The summed E-state index contributed by atoms with van der Waals surface area (Å²) in [6, 6.07) is 6.22. The maximum absolute atomic E-state index is 12.7. The Morgan fingerprint density at radius 2 is 2.04 bits per heavy atom. The molecule has 0 saturated carbocycles. The number of rotatable bonds is 5. The quantitative estimate of drug-likeness (QED) is 0.914. The number of nitrogens with zero attached hydrogens (tertiary/aromatic N) is 2. The van der Waals surface area contributed by atoms with Crippen molar-refractivity contribution in [3.05, 3.63) is 35.0 Å². The molecule has 0 aliphatic carbocycles. The van der Waals surface area contributed by atoms with Gasteiger partial charge < -0.3 is 15.2 Å². The first-order valence-corrected chi connectivity index (χ1v) is 8.78. The van der Waals surface area contributed by atoms with Gasteiger partial charge in [0.2, 0.25) is 0 Å². The zero-order valence-electron chi connectivity index (χ0n) is 14.5. The van der Waals surface area contributed by atoms with Gasteiger partial charge in [-0.1, -0.05) is 19.1 Å². The molecule has 0 radical (unpaired) electrons. The number of halogens is 1. The molecule has 24 heavy (non-hydrogen) atoms. The number of benzene rings is 1. The summed E-state index contributed by atoms with van der Waals surface area (Å²) in [6.07, 6.45) is 2.52. The highest BCUT2D eigenvalue weighted by atomic mass is 19.1. The number of primary amides is 1. The minimum Gasteiger partial charge on any atom is -0.366 e. The molecule has 0 unspecified atom stereocenters. The molecule has 0 bridgehead atoms. The molecular formula is C19H26FN3O. The Hall–Kier alpha value is -1.88. The molecule has 1 amide bonds. The largest absolute Gasteiger partial charge is 0.366 e. The average molecular weight is 331 g/mol. The van der Waals surface area contributed by atoms with Crippen molar-refractivity contribution >= 4 is 16.8 Å². The van der Waals surface area contributed by atoms with Crippen LogP contribution in [0.2, 0.25) is 0 Å². The van der Waals surface area contributed by atoms with Crippen molar-refractivity contribution < 1.29 is 9.18 Å². The van der Waals surface area contributed by atoms with E-state index in [0.717, 1.165) is 54.6 Å². The highest BCUT2D eigenvalue weighted by Gasteiger charge is 2.26. The Kier molecular flexibility index (Phi) is 4.90. The Morgan fingerprint density at radius 1 is 1.33 bits per heavy atom. The number of aryl methyl sites for hydroxylation is 1. The van der Waals surface area contributed by atoms with Crippen LogP contribution >= 0.6 is 0 Å². The van der Waals surface area contributed by atoms with E-state index < -0.39 is 0 Å². The van der Waals surface area contributed by atoms with Crippen molar-refractivity contribution in [3.63, 3.8) is 0 Å². The van der Waals surface area contributed by atoms with Gasteiger partial charge in [-0.05, 0) is 37.9 Å². The topological polar surface area (TPSA) is 51.3 Å². The summed E-state index contributed by atoms with van der Waals surface area (Å²) in [7, 11) is 0. The molecule has 3 rings (SSSR count). The van der Waals surface area contributed by atoms with Crippen LogP contribution in [0.15, 0.2) is 18.2 Å². The summed E-state index contributed by atoms with van der Waals surface area (Å²) in [5.74, 6) is -0.388. The summed E-state index contributed by atoms with van der Waals surface area (Å²) in [4.78, 5) is 14.4. The molecule has 5 heteroatoms. The minimum atomic E-state index is -0.388. The zero-order chi connectivity index (χ0) is 17.3.